The fraction of sp³-hybridized carbons (Fsp3) is 0.700. The van der Waals surface area contributed by atoms with E-state index in [0.717, 1.165) is 84.1 Å². The van der Waals surface area contributed by atoms with E-state index in [-0.39, 0.29) is 76.4 Å². The number of hydrogen-bond donors (Lipinski definition) is 6. The molecule has 0 heterocycles. The minimum absolute atomic E-state index is 0.0604. The zero-order chi connectivity index (χ0) is 87.4. The molecule has 6 fully saturated rings. The van der Waals surface area contributed by atoms with E-state index >= 15 is 0 Å². The van der Waals surface area contributed by atoms with Gasteiger partial charge in [-0.2, -0.15) is 52.7 Å². The summed E-state index contributed by atoms with van der Waals surface area (Å²) in [5.74, 6) is 6.36. The van der Waals surface area contributed by atoms with E-state index in [2.05, 4.69) is 99.8 Å². The third-order valence-electron chi connectivity index (χ3n) is 27.2. The van der Waals surface area contributed by atoms with E-state index in [0.29, 0.717) is 88.8 Å². The molecule has 115 heavy (non-hydrogen) atoms. The van der Waals surface area contributed by atoms with Gasteiger partial charge in [0.05, 0.1) is 35.6 Å². The Balaban J connectivity index is 0.000000271. The van der Waals surface area contributed by atoms with E-state index in [4.69, 9.17) is 8.85 Å². The summed E-state index contributed by atoms with van der Waals surface area (Å²) in [5, 5.41) is 61.7. The van der Waals surface area contributed by atoms with Gasteiger partial charge in [-0.25, -0.2) is 0 Å². The van der Waals surface area contributed by atoms with Gasteiger partial charge in [-0.15, -0.1) is 0 Å². The Bertz CT molecular complexity index is 3870. The molecule has 0 amide bonds. The number of carbonyl (C=O) groups is 1. The highest BCUT2D eigenvalue weighted by Crippen LogP contribution is 2.65. The maximum Gasteiger partial charge on any atom is 0.438 e. The van der Waals surface area contributed by atoms with Crippen LogP contribution < -0.4 is 10.6 Å². The van der Waals surface area contributed by atoms with Gasteiger partial charge in [-0.05, 0) is 234 Å². The fourth-order valence-electron chi connectivity index (χ4n) is 18.4. The summed E-state index contributed by atoms with van der Waals surface area (Å²) in [6.07, 6.45) is -7.27. The second-order valence-corrected chi connectivity index (χ2v) is 51.7. The molecular formula is C90H131F12O10PSi2. The Hall–Kier alpha value is -4.57. The molecule has 10 nitrogen and oxygen atoms in total. The first kappa shape index (κ1) is 99.3. The van der Waals surface area contributed by atoms with Crippen LogP contribution in [0.3, 0.4) is 0 Å². The number of hydrogen-bond acceptors (Lipinski definition) is 10. The van der Waals surface area contributed by atoms with E-state index < -0.39 is 99.3 Å². The zero-order valence-electron chi connectivity index (χ0n) is 71.1. The largest absolute Gasteiger partial charge is 0.438 e. The third kappa shape index (κ3) is 23.8. The molecule has 0 spiro atoms. The summed E-state index contributed by atoms with van der Waals surface area (Å²) < 4.78 is 187. The van der Waals surface area contributed by atoms with Gasteiger partial charge in [0.2, 0.25) is 0 Å². The van der Waals surface area contributed by atoms with Crippen molar-refractivity contribution in [2.75, 3.05) is 6.16 Å². The van der Waals surface area contributed by atoms with Gasteiger partial charge in [-0.1, -0.05) is 192 Å². The molecule has 4 unspecified atom stereocenters. The number of rotatable bonds is 21. The number of Topliss-reactive ketones (excluding diaryl/α,β-unsaturated/α-hetero) is 1. The van der Waals surface area contributed by atoms with Gasteiger partial charge in [0.1, 0.15) is 12.9 Å². The van der Waals surface area contributed by atoms with Crippen LogP contribution in [0.2, 0.25) is 36.3 Å². The van der Waals surface area contributed by atoms with Crippen LogP contribution in [-0.2, 0) is 18.2 Å². The highest BCUT2D eigenvalue weighted by atomic mass is 31.2. The summed E-state index contributed by atoms with van der Waals surface area (Å²) in [4.78, 5) is 12.5. The minimum atomic E-state index is -6.01. The number of aliphatic hydroxyl groups excluding tert-OH is 2. The first-order valence-electron chi connectivity index (χ1n) is 40.8. The van der Waals surface area contributed by atoms with Crippen LogP contribution in [0, 0.1) is 69.0 Å². The number of ketones is 1. The second kappa shape index (κ2) is 36.6. The molecule has 0 aliphatic heterocycles. The van der Waals surface area contributed by atoms with Gasteiger partial charge in [0.25, 0.3) is 0 Å². The number of aliphatic hydroxyl groups is 6. The van der Waals surface area contributed by atoms with Crippen LogP contribution in [0.5, 0.6) is 0 Å². The molecule has 6 N–H and O–H groups in total. The standard InChI is InChI=1S/C33H46F6O4.C33H51O3PSi2.C24H34F6O3/c1-21-23(19-24(40)20-26(21)41)11-10-22-9-6-17-30(5)25(22)12-13-27(30)29(4,15-7-14-28(2,3)42)16-8-18-31(43,32(34,35)36)33(37,38)39;1-26-27(22-23-37(34,29-18-14-12-15-19-29)30-20-16-13-17-21-30)24-28(35-38(8,9)32(2,3)4)25-31(26)36-39(10,11)33(5,6)7;1-19(2,32)11-6-12-20(3,13-7-15-22(33,23(25,26)27)24(28,29)30)18-10-9-16-17(31)8-5-14-21(16,18)4/h10-11,24-27,40-43H,1,6-7,9,12-17,19-20H2,2-5H3;12-22,28,31H,1,23-25H2,2-11H3;16,18,32-33H,5-6,8-14H2,1-4H3/b22-10+,23-11-;27-22-;/t24-,25?,26+,27-,29?,30+;28-,31+;16?,18-,20?,21+/m111/s1. The average molecular weight is 1690 g/mol. The molecule has 0 bridgehead atoms. The van der Waals surface area contributed by atoms with Gasteiger partial charge in [-0.3, -0.25) is 4.79 Å². The lowest BCUT2D eigenvalue weighted by Gasteiger charge is -2.49. The van der Waals surface area contributed by atoms with Gasteiger partial charge in [0, 0.05) is 54.8 Å². The Morgan fingerprint density at radius 3 is 1.37 bits per heavy atom. The number of fused-ring (bicyclic) bond motifs is 2. The van der Waals surface area contributed by atoms with Crippen LogP contribution >= 0.6 is 7.14 Å². The number of benzene rings is 2. The molecule has 6 aliphatic rings. The van der Waals surface area contributed by atoms with Crippen molar-refractivity contribution in [3.8, 4) is 23.7 Å². The van der Waals surface area contributed by atoms with Gasteiger partial charge >= 0.3 is 35.9 Å². The highest BCUT2D eigenvalue weighted by Gasteiger charge is 2.72. The predicted octanol–water partition coefficient (Wildman–Crippen LogP) is 22.4. The average Bonchev–Trinajstić information content (AvgIpc) is 1.59. The first-order chi connectivity index (χ1) is 52.2. The van der Waals surface area contributed by atoms with Crippen molar-refractivity contribution in [2.45, 2.75) is 346 Å². The minimum Gasteiger partial charge on any atom is -0.413 e. The highest BCUT2D eigenvalue weighted by molar-refractivity contribution is 7.78. The van der Waals surface area contributed by atoms with Crippen molar-refractivity contribution in [3.63, 3.8) is 0 Å². The monoisotopic (exact) mass is 1690 g/mol. The summed E-state index contributed by atoms with van der Waals surface area (Å²) in [5.41, 5.74) is -9.68. The normalized spacial score (nSPS) is 27.4. The maximum atomic E-state index is 14.7. The fourth-order valence-corrected chi connectivity index (χ4v) is 23.6. The summed E-state index contributed by atoms with van der Waals surface area (Å²) in [7, 11) is -6.90. The molecule has 6 aliphatic carbocycles. The molecule has 25 heteroatoms. The van der Waals surface area contributed by atoms with E-state index in [1.807, 2.05) is 92.6 Å². The number of alkyl halides is 12. The quantitative estimate of drug-likeness (QED) is 0.0306. The van der Waals surface area contributed by atoms with Crippen molar-refractivity contribution in [1.29, 1.82) is 0 Å². The number of allylic oxidation sites excluding steroid dienone is 4. The van der Waals surface area contributed by atoms with Gasteiger partial charge in [0.15, 0.2) is 16.6 Å². The lowest BCUT2D eigenvalue weighted by molar-refractivity contribution is -0.344. The zero-order valence-corrected chi connectivity index (χ0v) is 74.0. The molecule has 6 saturated carbocycles. The van der Waals surface area contributed by atoms with E-state index in [1.165, 1.54) is 5.57 Å². The summed E-state index contributed by atoms with van der Waals surface area (Å²) >= 11 is 0. The Morgan fingerprint density at radius 1 is 0.539 bits per heavy atom. The Kier molecular flexibility index (Phi) is 31.6. The maximum absolute atomic E-state index is 14.7. The van der Waals surface area contributed by atoms with Crippen molar-refractivity contribution in [3.05, 3.63) is 120 Å². The van der Waals surface area contributed by atoms with Crippen LogP contribution in [0.25, 0.3) is 0 Å². The second-order valence-electron chi connectivity index (χ2n) is 39.3. The number of carbonyl (C=O) groups excluding carboxylic acids is 1. The van der Waals surface area contributed by atoms with Crippen molar-refractivity contribution >= 4 is 40.2 Å². The Labute approximate surface area is 679 Å². The molecule has 2 aromatic carbocycles. The molecular weight excluding hydrogens is 1560 g/mol. The molecule has 12 atom stereocenters. The molecule has 2 aromatic rings. The van der Waals surface area contributed by atoms with Crippen molar-refractivity contribution < 1.29 is 102 Å². The SMILES string of the molecule is C=C1/C(=C\C=C2/CCC[C@@]3(C)C2CC[C@@H]3C(C)(CC#CC(O)(C(F)(F)F)C(F)(F)F)CCCC(C)(C)O)C[C@@H](O)C[C@@H]1O.C=C1/C(=C\CP(=O)(c2ccccc2)c2ccccc2)C[C@@H](O[Si](C)(C)C(C)(C)C)C[C@@H]1O[Si](C)(C)C(C)(C)C.CC(C)(O)CCCC(C)(CC#CC(O)(C(F)(F)F)C(F)(F)F)[C@H]1CCC2C(=O)CCC[C@@]21C. The molecule has 0 saturated heterocycles. The van der Waals surface area contributed by atoms with Crippen molar-refractivity contribution in [1.82, 2.24) is 0 Å². The Morgan fingerprint density at radius 2 is 0.948 bits per heavy atom. The van der Waals surface area contributed by atoms with Crippen molar-refractivity contribution in [2.24, 2.45) is 45.3 Å². The topological polar surface area (TPSA) is 174 Å². The third-order valence-corrected chi connectivity index (χ3v) is 39.2. The smallest absolute Gasteiger partial charge is 0.413 e. The predicted molar refractivity (Wildman–Crippen MR) is 439 cm³/mol. The lowest BCUT2D eigenvalue weighted by Crippen LogP contribution is -2.55. The summed E-state index contributed by atoms with van der Waals surface area (Å²) in [6, 6.07) is 19.8. The van der Waals surface area contributed by atoms with E-state index in [1.54, 1.807) is 34.6 Å². The van der Waals surface area contributed by atoms with E-state index in [9.17, 15) is 92.7 Å². The lowest BCUT2D eigenvalue weighted by atomic mass is 9.55. The summed E-state index contributed by atoms with van der Waals surface area (Å²) in [6.45, 7) is 45.8. The molecule has 0 radical (unpaired) electrons. The first-order valence-corrected chi connectivity index (χ1v) is 48.5. The van der Waals surface area contributed by atoms with Crippen LogP contribution in [0.4, 0.5) is 52.7 Å². The molecule has 8 rings (SSSR count). The molecule has 0 aromatic heterocycles. The van der Waals surface area contributed by atoms with Gasteiger partial charge < -0.3 is 44.1 Å². The number of halogens is 12. The van der Waals surface area contributed by atoms with Crippen LogP contribution in [0.1, 0.15) is 238 Å². The molecule has 648 valence electrons. The van der Waals surface area contributed by atoms with Crippen LogP contribution in [-0.4, -0.2) is 131 Å². The van der Waals surface area contributed by atoms with Crippen LogP contribution in [0.15, 0.2) is 120 Å².